The number of hydrogen-bond donors (Lipinski definition) is 1. The van der Waals surface area contributed by atoms with Crippen molar-refractivity contribution in [1.29, 1.82) is 0 Å². The second-order valence-corrected chi connectivity index (χ2v) is 4.88. The Morgan fingerprint density at radius 2 is 2.00 bits per heavy atom. The normalized spacial score (nSPS) is 10.4. The molecule has 1 aromatic heterocycles. The lowest BCUT2D eigenvalue weighted by atomic mass is 10.1. The van der Waals surface area contributed by atoms with Crippen molar-refractivity contribution in [3.05, 3.63) is 52.6 Å². The summed E-state index contributed by atoms with van der Waals surface area (Å²) in [4.78, 5) is 4.38. The minimum absolute atomic E-state index is 0.248. The standard InChI is InChI=1S/C16H19FN2O/c1-10-5-6-14(13(17)7-10)19-9-15-12(3)16(20-4)11(2)8-18-15/h5-8,19H,9H2,1-4H3. The second-order valence-electron chi connectivity index (χ2n) is 4.88. The van der Waals surface area contributed by atoms with Crippen LogP contribution >= 0.6 is 0 Å². The van der Waals surface area contributed by atoms with Crippen LogP contribution in [0.2, 0.25) is 0 Å². The van der Waals surface area contributed by atoms with Gasteiger partial charge in [0, 0.05) is 17.3 Å². The molecule has 106 valence electrons. The van der Waals surface area contributed by atoms with Gasteiger partial charge in [0.15, 0.2) is 0 Å². The quantitative estimate of drug-likeness (QED) is 0.921. The van der Waals surface area contributed by atoms with Crippen LogP contribution in [0.4, 0.5) is 10.1 Å². The fourth-order valence-electron chi connectivity index (χ4n) is 2.19. The number of halogens is 1. The van der Waals surface area contributed by atoms with E-state index in [1.807, 2.05) is 26.8 Å². The van der Waals surface area contributed by atoms with Crippen LogP contribution in [0.15, 0.2) is 24.4 Å². The highest BCUT2D eigenvalue weighted by molar-refractivity contribution is 5.48. The molecular weight excluding hydrogens is 255 g/mol. The number of benzene rings is 1. The largest absolute Gasteiger partial charge is 0.496 e. The lowest BCUT2D eigenvalue weighted by molar-refractivity contribution is 0.407. The molecule has 0 aliphatic heterocycles. The van der Waals surface area contributed by atoms with E-state index < -0.39 is 0 Å². The van der Waals surface area contributed by atoms with Gasteiger partial charge < -0.3 is 10.1 Å². The van der Waals surface area contributed by atoms with E-state index in [9.17, 15) is 4.39 Å². The molecule has 0 amide bonds. The Bertz CT molecular complexity index is 626. The molecule has 1 aromatic carbocycles. The SMILES string of the molecule is COc1c(C)cnc(CNc2ccc(C)cc2F)c1C. The first-order valence-electron chi connectivity index (χ1n) is 6.52. The number of rotatable bonds is 4. The molecule has 0 atom stereocenters. The highest BCUT2D eigenvalue weighted by Gasteiger charge is 2.10. The summed E-state index contributed by atoms with van der Waals surface area (Å²) in [5, 5.41) is 3.07. The number of aromatic nitrogens is 1. The van der Waals surface area contributed by atoms with Crippen molar-refractivity contribution in [3.63, 3.8) is 0 Å². The van der Waals surface area contributed by atoms with E-state index in [1.54, 1.807) is 19.4 Å². The van der Waals surface area contributed by atoms with E-state index >= 15 is 0 Å². The molecule has 0 aliphatic carbocycles. The first-order chi connectivity index (χ1) is 9.52. The van der Waals surface area contributed by atoms with Gasteiger partial charge in [0.05, 0.1) is 25.0 Å². The van der Waals surface area contributed by atoms with Gasteiger partial charge in [-0.1, -0.05) is 6.07 Å². The zero-order valence-corrected chi connectivity index (χ0v) is 12.2. The topological polar surface area (TPSA) is 34.1 Å². The van der Waals surface area contributed by atoms with Crippen LogP contribution in [0.5, 0.6) is 5.75 Å². The number of ether oxygens (including phenoxy) is 1. The van der Waals surface area contributed by atoms with Gasteiger partial charge in [-0.3, -0.25) is 4.98 Å². The molecular formula is C16H19FN2O. The van der Waals surface area contributed by atoms with E-state index in [0.717, 1.165) is 28.1 Å². The van der Waals surface area contributed by atoms with Crippen molar-refractivity contribution >= 4 is 5.69 Å². The summed E-state index contributed by atoms with van der Waals surface area (Å²) in [6, 6.07) is 5.13. The van der Waals surface area contributed by atoms with E-state index in [-0.39, 0.29) is 5.82 Å². The molecule has 0 fully saturated rings. The summed E-state index contributed by atoms with van der Waals surface area (Å²) in [5.74, 6) is 0.586. The zero-order valence-electron chi connectivity index (χ0n) is 12.2. The number of hydrogen-bond acceptors (Lipinski definition) is 3. The lowest BCUT2D eigenvalue weighted by Crippen LogP contribution is -2.07. The molecule has 20 heavy (non-hydrogen) atoms. The number of methoxy groups -OCH3 is 1. The van der Waals surface area contributed by atoms with Crippen LogP contribution in [0.3, 0.4) is 0 Å². The maximum atomic E-state index is 13.8. The smallest absolute Gasteiger partial charge is 0.146 e. The summed E-state index contributed by atoms with van der Waals surface area (Å²) >= 11 is 0. The number of nitrogens with one attached hydrogen (secondary N) is 1. The molecule has 0 aliphatic rings. The van der Waals surface area contributed by atoms with Crippen molar-refractivity contribution in [2.24, 2.45) is 0 Å². The summed E-state index contributed by atoms with van der Waals surface area (Å²) < 4.78 is 19.1. The lowest BCUT2D eigenvalue weighted by Gasteiger charge is -2.13. The van der Waals surface area contributed by atoms with Crippen molar-refractivity contribution < 1.29 is 9.13 Å². The molecule has 0 saturated heterocycles. The molecule has 0 saturated carbocycles. The third-order valence-corrected chi connectivity index (χ3v) is 3.32. The average molecular weight is 274 g/mol. The first-order valence-corrected chi connectivity index (χ1v) is 6.52. The summed E-state index contributed by atoms with van der Waals surface area (Å²) in [5.41, 5.74) is 4.21. The Kier molecular flexibility index (Phi) is 4.23. The molecule has 1 N–H and O–H groups in total. The number of anilines is 1. The van der Waals surface area contributed by atoms with Crippen LogP contribution < -0.4 is 10.1 Å². The second kappa shape index (κ2) is 5.90. The van der Waals surface area contributed by atoms with E-state index in [2.05, 4.69) is 10.3 Å². The van der Waals surface area contributed by atoms with Crippen LogP contribution in [0, 0.1) is 26.6 Å². The fraction of sp³-hybridized carbons (Fsp3) is 0.312. The van der Waals surface area contributed by atoms with Crippen molar-refractivity contribution in [1.82, 2.24) is 4.98 Å². The van der Waals surface area contributed by atoms with Gasteiger partial charge in [-0.05, 0) is 38.5 Å². The third-order valence-electron chi connectivity index (χ3n) is 3.32. The Labute approximate surface area is 118 Å². The number of aryl methyl sites for hydroxylation is 2. The molecule has 4 heteroatoms. The average Bonchev–Trinajstić information content (AvgIpc) is 2.40. The van der Waals surface area contributed by atoms with Gasteiger partial charge in [-0.15, -0.1) is 0 Å². The number of pyridine rings is 1. The molecule has 3 nitrogen and oxygen atoms in total. The molecule has 2 aromatic rings. The van der Waals surface area contributed by atoms with Gasteiger partial charge in [0.1, 0.15) is 11.6 Å². The first kappa shape index (κ1) is 14.3. The predicted molar refractivity (Wildman–Crippen MR) is 78.7 cm³/mol. The maximum Gasteiger partial charge on any atom is 0.146 e. The van der Waals surface area contributed by atoms with Gasteiger partial charge >= 0.3 is 0 Å². The minimum Gasteiger partial charge on any atom is -0.496 e. The van der Waals surface area contributed by atoms with Gasteiger partial charge in [-0.25, -0.2) is 4.39 Å². The molecule has 0 radical (unpaired) electrons. The van der Waals surface area contributed by atoms with E-state index in [0.29, 0.717) is 12.2 Å². The van der Waals surface area contributed by atoms with Crippen molar-refractivity contribution in [3.8, 4) is 5.75 Å². The van der Waals surface area contributed by atoms with Gasteiger partial charge in [0.25, 0.3) is 0 Å². The highest BCUT2D eigenvalue weighted by atomic mass is 19.1. The summed E-state index contributed by atoms with van der Waals surface area (Å²) in [6.07, 6.45) is 1.77. The van der Waals surface area contributed by atoms with Crippen LogP contribution in [-0.2, 0) is 6.54 Å². The van der Waals surface area contributed by atoms with E-state index in [1.165, 1.54) is 6.07 Å². The minimum atomic E-state index is -0.248. The summed E-state index contributed by atoms with van der Waals surface area (Å²) in [7, 11) is 1.65. The monoisotopic (exact) mass is 274 g/mol. The molecule has 2 rings (SSSR count). The van der Waals surface area contributed by atoms with Gasteiger partial charge in [0.2, 0.25) is 0 Å². The highest BCUT2D eigenvalue weighted by Crippen LogP contribution is 2.25. The predicted octanol–water partition coefficient (Wildman–Crippen LogP) is 3.77. The Hall–Kier alpha value is -2.10. The van der Waals surface area contributed by atoms with Crippen LogP contribution in [0.25, 0.3) is 0 Å². The Balaban J connectivity index is 2.19. The van der Waals surface area contributed by atoms with Crippen LogP contribution in [0.1, 0.15) is 22.4 Å². The third kappa shape index (κ3) is 2.90. The van der Waals surface area contributed by atoms with Gasteiger partial charge in [-0.2, -0.15) is 0 Å². The van der Waals surface area contributed by atoms with E-state index in [4.69, 9.17) is 4.74 Å². The van der Waals surface area contributed by atoms with Crippen molar-refractivity contribution in [2.45, 2.75) is 27.3 Å². The molecule has 0 spiro atoms. The Morgan fingerprint density at radius 1 is 1.25 bits per heavy atom. The maximum absolute atomic E-state index is 13.8. The fourth-order valence-corrected chi connectivity index (χ4v) is 2.19. The zero-order chi connectivity index (χ0) is 14.7. The molecule has 0 bridgehead atoms. The molecule has 0 unspecified atom stereocenters. The van der Waals surface area contributed by atoms with Crippen LogP contribution in [-0.4, -0.2) is 12.1 Å². The van der Waals surface area contributed by atoms with Crippen molar-refractivity contribution in [2.75, 3.05) is 12.4 Å². The number of nitrogens with zero attached hydrogens (tertiary/aromatic N) is 1. The molecule has 1 heterocycles. The summed E-state index contributed by atoms with van der Waals surface area (Å²) in [6.45, 7) is 6.24. The Morgan fingerprint density at radius 3 is 2.65 bits per heavy atom.